The van der Waals surface area contributed by atoms with Crippen molar-refractivity contribution in [3.63, 3.8) is 0 Å². The van der Waals surface area contributed by atoms with E-state index in [0.717, 1.165) is 39.5 Å². The van der Waals surface area contributed by atoms with Crippen LogP contribution in [0.1, 0.15) is 42.9 Å². The molecular weight excluding hydrogens is 415 g/mol. The van der Waals surface area contributed by atoms with E-state index in [1.165, 1.54) is 6.07 Å². The molecule has 1 fully saturated rings. The molecule has 2 unspecified atom stereocenters. The minimum atomic E-state index is -4.38. The van der Waals surface area contributed by atoms with E-state index in [1.807, 2.05) is 38.1 Å². The number of rotatable bonds is 7. The molecule has 4 rings (SSSR count). The van der Waals surface area contributed by atoms with Gasteiger partial charge < -0.3 is 15.0 Å². The van der Waals surface area contributed by atoms with Crippen LogP contribution in [0, 0.1) is 11.8 Å². The summed E-state index contributed by atoms with van der Waals surface area (Å²) in [6.45, 7) is 2.60. The predicted octanol–water partition coefficient (Wildman–Crippen LogP) is 5.18. The molecule has 0 radical (unpaired) electrons. The number of nitrogens with one attached hydrogen (secondary N) is 2. The third kappa shape index (κ3) is 4.61. The second-order valence-corrected chi connectivity index (χ2v) is 8.96. The number of aromatic nitrogens is 2. The van der Waals surface area contributed by atoms with E-state index in [2.05, 4.69) is 15.3 Å². The molecule has 160 valence electrons. The maximum atomic E-state index is 12.8. The van der Waals surface area contributed by atoms with Gasteiger partial charge in [-0.3, -0.25) is 4.79 Å². The number of H-pyrrole nitrogens is 1. The number of fused-ring (bicyclic) bond motifs is 1. The van der Waals surface area contributed by atoms with Crippen LogP contribution >= 0.6 is 11.3 Å². The number of benzene rings is 1. The van der Waals surface area contributed by atoms with Gasteiger partial charge in [0.1, 0.15) is 5.82 Å². The van der Waals surface area contributed by atoms with E-state index in [1.54, 1.807) is 6.07 Å². The first-order chi connectivity index (χ1) is 14.2. The van der Waals surface area contributed by atoms with Crippen LogP contribution in [0.25, 0.3) is 11.0 Å². The van der Waals surface area contributed by atoms with Crippen LogP contribution in [0.15, 0.2) is 36.4 Å². The molecule has 3 aromatic rings. The van der Waals surface area contributed by atoms with Crippen molar-refractivity contribution in [3.05, 3.63) is 47.1 Å². The maximum absolute atomic E-state index is 12.8. The number of nitrogens with zero attached hydrogens (tertiary/aromatic N) is 1. The summed E-state index contributed by atoms with van der Waals surface area (Å²) in [5, 5.41) is 3.25. The third-order valence-electron chi connectivity index (χ3n) is 5.14. The average molecular weight is 437 g/mol. The number of hydrogen-bond donors (Lipinski definition) is 2. The summed E-state index contributed by atoms with van der Waals surface area (Å²) in [5.41, 5.74) is 1.83. The van der Waals surface area contributed by atoms with Gasteiger partial charge in [-0.25, -0.2) is 4.98 Å². The summed E-state index contributed by atoms with van der Waals surface area (Å²) in [6, 6.07) is 10.7. The van der Waals surface area contributed by atoms with E-state index in [0.29, 0.717) is 0 Å². The van der Waals surface area contributed by atoms with Crippen molar-refractivity contribution in [2.24, 2.45) is 11.8 Å². The molecule has 2 aromatic heterocycles. The van der Waals surface area contributed by atoms with Gasteiger partial charge in [0.15, 0.2) is 11.7 Å². The summed E-state index contributed by atoms with van der Waals surface area (Å²) in [4.78, 5) is 21.5. The number of para-hydroxylation sites is 2. The van der Waals surface area contributed by atoms with Gasteiger partial charge >= 0.3 is 6.18 Å². The number of carbonyl (C=O) groups excluding carboxylic acids is 1. The molecule has 2 N–H and O–H groups in total. The van der Waals surface area contributed by atoms with Crippen LogP contribution in [0.5, 0.6) is 5.06 Å². The lowest BCUT2D eigenvalue weighted by atomic mass is 10.0. The molecule has 1 aliphatic rings. The molecule has 0 saturated heterocycles. The van der Waals surface area contributed by atoms with Gasteiger partial charge in [0, 0.05) is 16.7 Å². The zero-order valence-corrected chi connectivity index (χ0v) is 17.3. The first kappa shape index (κ1) is 20.7. The van der Waals surface area contributed by atoms with Crippen LogP contribution < -0.4 is 10.1 Å². The van der Waals surface area contributed by atoms with Gasteiger partial charge in [-0.2, -0.15) is 13.2 Å². The van der Waals surface area contributed by atoms with Crippen molar-refractivity contribution in [1.82, 2.24) is 15.3 Å². The Balaban J connectivity index is 1.40. The van der Waals surface area contributed by atoms with E-state index < -0.39 is 12.8 Å². The van der Waals surface area contributed by atoms with Crippen LogP contribution in [-0.2, 0) is 4.79 Å². The highest BCUT2D eigenvalue weighted by Gasteiger charge is 2.46. The quantitative estimate of drug-likeness (QED) is 0.535. The van der Waals surface area contributed by atoms with Gasteiger partial charge in [0.05, 0.1) is 17.1 Å². The lowest BCUT2D eigenvalue weighted by Gasteiger charge is -2.21. The average Bonchev–Trinajstić information content (AvgIpc) is 3.15. The Labute approximate surface area is 175 Å². The smallest absolute Gasteiger partial charge is 0.422 e. The summed E-state index contributed by atoms with van der Waals surface area (Å²) in [6.07, 6.45) is -3.66. The lowest BCUT2D eigenvalue weighted by Crippen LogP contribution is -2.32. The van der Waals surface area contributed by atoms with Gasteiger partial charge in [-0.15, -0.1) is 11.3 Å². The maximum Gasteiger partial charge on any atom is 0.422 e. The molecule has 1 aromatic carbocycles. The molecular formula is C21H22F3N3O2S. The predicted molar refractivity (Wildman–Crippen MR) is 109 cm³/mol. The van der Waals surface area contributed by atoms with Crippen molar-refractivity contribution in [2.75, 3.05) is 6.61 Å². The van der Waals surface area contributed by atoms with Gasteiger partial charge in [-0.1, -0.05) is 26.0 Å². The first-order valence-corrected chi connectivity index (χ1v) is 10.6. The number of aromatic amines is 1. The fourth-order valence-electron chi connectivity index (χ4n) is 3.49. The lowest BCUT2D eigenvalue weighted by molar-refractivity contribution is -0.152. The largest absolute Gasteiger partial charge is 0.475 e. The fourth-order valence-corrected chi connectivity index (χ4v) is 4.57. The minimum absolute atomic E-state index is 0.0548. The zero-order chi connectivity index (χ0) is 21.5. The molecule has 30 heavy (non-hydrogen) atoms. The minimum Gasteiger partial charge on any atom is -0.475 e. The Morgan fingerprint density at radius 2 is 2.07 bits per heavy atom. The Morgan fingerprint density at radius 3 is 2.77 bits per heavy atom. The van der Waals surface area contributed by atoms with Crippen LogP contribution in [0.3, 0.4) is 0 Å². The molecule has 3 atom stereocenters. The summed E-state index contributed by atoms with van der Waals surface area (Å²) in [7, 11) is 0. The Kier molecular flexibility index (Phi) is 5.48. The van der Waals surface area contributed by atoms with Crippen LogP contribution in [-0.4, -0.2) is 28.7 Å². The number of imidazole rings is 1. The molecule has 1 amide bonds. The number of alkyl halides is 3. The zero-order valence-electron chi connectivity index (χ0n) is 16.5. The second-order valence-electron chi connectivity index (χ2n) is 7.88. The highest BCUT2D eigenvalue weighted by molar-refractivity contribution is 7.13. The third-order valence-corrected chi connectivity index (χ3v) is 6.22. The van der Waals surface area contributed by atoms with Gasteiger partial charge in [0.25, 0.3) is 0 Å². The van der Waals surface area contributed by atoms with Crippen molar-refractivity contribution >= 4 is 28.3 Å². The molecule has 0 spiro atoms. The Hall–Kier alpha value is -2.55. The Morgan fingerprint density at radius 1 is 1.30 bits per heavy atom. The normalized spacial score (nSPS) is 19.8. The summed E-state index contributed by atoms with van der Waals surface area (Å²) < 4.78 is 41.9. The van der Waals surface area contributed by atoms with Crippen molar-refractivity contribution in [1.29, 1.82) is 0 Å². The standard InChI is InChI=1S/C21H22F3N3O2S/c1-11(2)18(16-7-8-17(30-16)29-10-21(22,23)24)27-20(28)13-9-12(13)19-25-14-5-3-4-6-15(14)26-19/h3-8,11-13,18H,9-10H2,1-2H3,(H,25,26)(H,27,28)/t12?,13?,18-/m1/s1. The number of carbonyl (C=O) groups is 1. The van der Waals surface area contributed by atoms with E-state index >= 15 is 0 Å². The SMILES string of the molecule is CC(C)[C@@H](NC(=O)C1CC1c1nc2ccccc2[nH]1)c1ccc(OCC(F)(F)F)s1. The van der Waals surface area contributed by atoms with Crippen molar-refractivity contribution in [3.8, 4) is 5.06 Å². The first-order valence-electron chi connectivity index (χ1n) is 9.75. The molecule has 9 heteroatoms. The van der Waals surface area contributed by atoms with Gasteiger partial charge in [-0.05, 0) is 36.6 Å². The number of hydrogen-bond acceptors (Lipinski definition) is 4. The van der Waals surface area contributed by atoms with E-state index in [9.17, 15) is 18.0 Å². The molecule has 2 heterocycles. The van der Waals surface area contributed by atoms with Crippen molar-refractivity contribution in [2.45, 2.75) is 38.4 Å². The fraction of sp³-hybridized carbons (Fsp3) is 0.429. The highest BCUT2D eigenvalue weighted by Crippen LogP contribution is 2.47. The molecule has 5 nitrogen and oxygen atoms in total. The Bertz CT molecular complexity index is 1010. The summed E-state index contributed by atoms with van der Waals surface area (Å²) in [5.74, 6) is 0.722. The van der Waals surface area contributed by atoms with Crippen LogP contribution in [0.2, 0.25) is 0 Å². The topological polar surface area (TPSA) is 67.0 Å². The molecule has 0 bridgehead atoms. The van der Waals surface area contributed by atoms with E-state index in [4.69, 9.17) is 4.74 Å². The molecule has 1 aliphatic carbocycles. The summed E-state index contributed by atoms with van der Waals surface area (Å²) >= 11 is 1.13. The van der Waals surface area contributed by atoms with Crippen molar-refractivity contribution < 1.29 is 22.7 Å². The molecule has 1 saturated carbocycles. The number of amides is 1. The highest BCUT2D eigenvalue weighted by atomic mass is 32.1. The number of ether oxygens (including phenoxy) is 1. The number of halogens is 3. The van der Waals surface area contributed by atoms with Crippen LogP contribution in [0.4, 0.5) is 13.2 Å². The van der Waals surface area contributed by atoms with E-state index in [-0.39, 0.29) is 34.8 Å². The number of thiophene rings is 1. The monoisotopic (exact) mass is 437 g/mol. The molecule has 0 aliphatic heterocycles. The van der Waals surface area contributed by atoms with Gasteiger partial charge in [0.2, 0.25) is 5.91 Å². The second kappa shape index (κ2) is 7.94.